The number of rotatable bonds is 5. The predicted molar refractivity (Wildman–Crippen MR) is 131 cm³/mol. The molecule has 2 aromatic heterocycles. The summed E-state index contributed by atoms with van der Waals surface area (Å²) in [7, 11) is 0. The Labute approximate surface area is 204 Å². The number of carbonyl (C=O) groups excluding carboxylic acids is 1. The highest BCUT2D eigenvalue weighted by Gasteiger charge is 2.32. The van der Waals surface area contributed by atoms with Crippen LogP contribution in [0.25, 0.3) is 21.5 Å². The molecule has 1 atom stereocenters. The summed E-state index contributed by atoms with van der Waals surface area (Å²) in [5.74, 6) is -1.35. The van der Waals surface area contributed by atoms with Crippen molar-refractivity contribution in [1.29, 1.82) is 0 Å². The summed E-state index contributed by atoms with van der Waals surface area (Å²) in [6, 6.07) is 13.5. The highest BCUT2D eigenvalue weighted by Crippen LogP contribution is 2.29. The van der Waals surface area contributed by atoms with Crippen LogP contribution in [0.2, 0.25) is 5.02 Å². The Balaban J connectivity index is 1.27. The maximum absolute atomic E-state index is 14.8. The van der Waals surface area contributed by atoms with E-state index in [1.165, 1.54) is 17.4 Å². The fraction of sp³-hybridized carbons (Fsp3) is 0.240. The van der Waals surface area contributed by atoms with Crippen LogP contribution in [0.1, 0.15) is 29.8 Å². The van der Waals surface area contributed by atoms with Gasteiger partial charge in [0.2, 0.25) is 0 Å². The molecule has 0 aliphatic carbocycles. The number of fused-ring (bicyclic) bond motifs is 1. The van der Waals surface area contributed by atoms with Crippen molar-refractivity contribution in [3.05, 3.63) is 76.7 Å². The molecular formula is C25H21ClFN3O3S. The molecule has 2 aromatic carbocycles. The first-order valence-electron chi connectivity index (χ1n) is 10.7. The number of pyridine rings is 1. The highest BCUT2D eigenvalue weighted by molar-refractivity contribution is 7.22. The number of halogens is 2. The average molecular weight is 498 g/mol. The van der Waals surface area contributed by atoms with Crippen molar-refractivity contribution in [3.63, 3.8) is 0 Å². The summed E-state index contributed by atoms with van der Waals surface area (Å²) < 4.78 is 27.0. The lowest BCUT2D eigenvalue weighted by atomic mass is 10.1. The van der Waals surface area contributed by atoms with Crippen LogP contribution in [0.4, 0.5) is 9.52 Å². The second-order valence-corrected chi connectivity index (χ2v) is 9.96. The molecule has 6 nitrogen and oxygen atoms in total. The number of nitrogens with zero attached hydrogens (tertiary/aromatic N) is 2. The zero-order valence-electron chi connectivity index (χ0n) is 18.5. The third kappa shape index (κ3) is 4.95. The largest absolute Gasteiger partial charge is 0.348 e. The zero-order chi connectivity index (χ0) is 23.9. The van der Waals surface area contributed by atoms with Crippen LogP contribution in [-0.2, 0) is 15.9 Å². The summed E-state index contributed by atoms with van der Waals surface area (Å²) in [5.41, 5.74) is 2.74. The van der Waals surface area contributed by atoms with Crippen molar-refractivity contribution >= 4 is 44.2 Å². The standard InChI is InChI=1S/C25H21ClFN3O3S/c1-25(2)32-13-18(33-25)9-14-10-19(27)22(28-12-14)15-3-5-16(6-4-15)23(31)30-24-29-20-8-7-17(26)11-21(20)34-24/h3-8,10-12,18H,9,13H2,1-2H3,(H,29,30,31)/t18-/m1/s1. The van der Waals surface area contributed by atoms with E-state index in [0.29, 0.717) is 34.3 Å². The number of hydrogen-bond donors (Lipinski definition) is 1. The second kappa shape index (κ2) is 9.03. The van der Waals surface area contributed by atoms with Crippen molar-refractivity contribution in [2.45, 2.75) is 32.2 Å². The third-order valence-electron chi connectivity index (χ3n) is 5.42. The number of anilines is 1. The molecule has 1 amide bonds. The summed E-state index contributed by atoms with van der Waals surface area (Å²) in [4.78, 5) is 21.4. The fourth-order valence-corrected chi connectivity index (χ4v) is 4.97. The Morgan fingerprint density at radius 3 is 2.74 bits per heavy atom. The van der Waals surface area contributed by atoms with Crippen LogP contribution in [0, 0.1) is 5.82 Å². The van der Waals surface area contributed by atoms with E-state index >= 15 is 0 Å². The maximum Gasteiger partial charge on any atom is 0.257 e. The Bertz CT molecular complexity index is 1370. The topological polar surface area (TPSA) is 73.3 Å². The van der Waals surface area contributed by atoms with Gasteiger partial charge in [-0.15, -0.1) is 0 Å². The predicted octanol–water partition coefficient (Wildman–Crippen LogP) is 6.10. The molecule has 3 heterocycles. The Morgan fingerprint density at radius 1 is 1.24 bits per heavy atom. The minimum atomic E-state index is -0.620. The normalized spacial score (nSPS) is 17.2. The molecule has 0 bridgehead atoms. The van der Waals surface area contributed by atoms with E-state index in [9.17, 15) is 9.18 Å². The van der Waals surface area contributed by atoms with Gasteiger partial charge < -0.3 is 9.47 Å². The van der Waals surface area contributed by atoms with Crippen molar-refractivity contribution in [1.82, 2.24) is 9.97 Å². The molecule has 1 aliphatic heterocycles. The smallest absolute Gasteiger partial charge is 0.257 e. The summed E-state index contributed by atoms with van der Waals surface area (Å²) in [6.45, 7) is 4.17. The molecule has 0 radical (unpaired) electrons. The molecule has 174 valence electrons. The van der Waals surface area contributed by atoms with Gasteiger partial charge in [0.1, 0.15) is 11.5 Å². The van der Waals surface area contributed by atoms with Crippen molar-refractivity contribution in [2.24, 2.45) is 0 Å². The lowest BCUT2D eigenvalue weighted by molar-refractivity contribution is -0.138. The van der Waals surface area contributed by atoms with Gasteiger partial charge in [-0.2, -0.15) is 0 Å². The number of carbonyl (C=O) groups is 1. The van der Waals surface area contributed by atoms with Gasteiger partial charge >= 0.3 is 0 Å². The monoisotopic (exact) mass is 497 g/mol. The number of ether oxygens (including phenoxy) is 2. The molecule has 1 aliphatic rings. The Hall–Kier alpha value is -2.91. The number of hydrogen-bond acceptors (Lipinski definition) is 6. The van der Waals surface area contributed by atoms with Crippen molar-refractivity contribution in [3.8, 4) is 11.3 Å². The van der Waals surface area contributed by atoms with Crippen LogP contribution >= 0.6 is 22.9 Å². The number of amides is 1. The summed E-state index contributed by atoms with van der Waals surface area (Å²) in [5, 5.41) is 3.89. The first-order valence-corrected chi connectivity index (χ1v) is 11.9. The lowest BCUT2D eigenvalue weighted by Gasteiger charge is -2.17. The fourth-order valence-electron chi connectivity index (χ4n) is 3.83. The Morgan fingerprint density at radius 2 is 2.03 bits per heavy atom. The van der Waals surface area contributed by atoms with Crippen LogP contribution in [-0.4, -0.2) is 34.4 Å². The van der Waals surface area contributed by atoms with Crippen LogP contribution < -0.4 is 5.32 Å². The SMILES string of the molecule is CC1(C)OC[C@@H](Cc2cnc(-c3ccc(C(=O)Nc4nc5ccc(Cl)cc5s4)cc3)c(F)c2)O1. The molecule has 5 rings (SSSR count). The molecular weight excluding hydrogens is 477 g/mol. The van der Waals surface area contributed by atoms with Crippen molar-refractivity contribution in [2.75, 3.05) is 11.9 Å². The van der Waals surface area contributed by atoms with E-state index in [-0.39, 0.29) is 17.7 Å². The molecule has 4 aromatic rings. The molecule has 34 heavy (non-hydrogen) atoms. The lowest BCUT2D eigenvalue weighted by Crippen LogP contribution is -2.22. The van der Waals surface area contributed by atoms with E-state index in [2.05, 4.69) is 15.3 Å². The molecule has 1 fully saturated rings. The number of thiazole rings is 1. The number of aromatic nitrogens is 2. The number of benzene rings is 2. The van der Waals surface area contributed by atoms with Gasteiger partial charge in [-0.3, -0.25) is 15.1 Å². The Kier molecular flexibility index (Phi) is 6.07. The van der Waals surface area contributed by atoms with Gasteiger partial charge in [-0.1, -0.05) is 35.1 Å². The van der Waals surface area contributed by atoms with Gasteiger partial charge in [0.05, 0.1) is 22.9 Å². The van der Waals surface area contributed by atoms with Gasteiger partial charge in [0.25, 0.3) is 5.91 Å². The van der Waals surface area contributed by atoms with Crippen LogP contribution in [0.15, 0.2) is 54.7 Å². The molecule has 9 heteroatoms. The summed E-state index contributed by atoms with van der Waals surface area (Å²) in [6.07, 6.45) is 2.03. The van der Waals surface area contributed by atoms with Gasteiger partial charge in [-0.05, 0) is 55.8 Å². The zero-order valence-corrected chi connectivity index (χ0v) is 20.0. The first-order chi connectivity index (χ1) is 16.3. The van der Waals surface area contributed by atoms with Gasteiger partial charge in [-0.25, -0.2) is 9.37 Å². The van der Waals surface area contributed by atoms with Crippen LogP contribution in [0.3, 0.4) is 0 Å². The van der Waals surface area contributed by atoms with E-state index in [1.807, 2.05) is 13.8 Å². The highest BCUT2D eigenvalue weighted by atomic mass is 35.5. The van der Waals surface area contributed by atoms with Gasteiger partial charge in [0.15, 0.2) is 10.9 Å². The van der Waals surface area contributed by atoms with E-state index in [1.54, 1.807) is 48.7 Å². The van der Waals surface area contributed by atoms with E-state index < -0.39 is 11.6 Å². The van der Waals surface area contributed by atoms with E-state index in [0.717, 1.165) is 15.8 Å². The molecule has 1 N–H and O–H groups in total. The minimum absolute atomic E-state index is 0.132. The molecule has 0 unspecified atom stereocenters. The third-order valence-corrected chi connectivity index (χ3v) is 6.59. The molecule has 0 saturated carbocycles. The molecule has 1 saturated heterocycles. The van der Waals surface area contributed by atoms with Crippen molar-refractivity contribution < 1.29 is 18.7 Å². The minimum Gasteiger partial charge on any atom is -0.348 e. The van der Waals surface area contributed by atoms with E-state index in [4.69, 9.17) is 21.1 Å². The second-order valence-electron chi connectivity index (χ2n) is 8.49. The average Bonchev–Trinajstić information content (AvgIpc) is 3.35. The van der Waals surface area contributed by atoms with Gasteiger partial charge in [0, 0.05) is 28.8 Å². The maximum atomic E-state index is 14.8. The quantitative estimate of drug-likeness (QED) is 0.361. The summed E-state index contributed by atoms with van der Waals surface area (Å²) >= 11 is 7.36. The van der Waals surface area contributed by atoms with Crippen LogP contribution in [0.5, 0.6) is 0 Å². The first kappa shape index (κ1) is 22.9. The number of nitrogens with one attached hydrogen (secondary N) is 1. The molecule has 0 spiro atoms.